The van der Waals surface area contributed by atoms with Gasteiger partial charge in [-0.2, -0.15) is 5.10 Å². The molecule has 1 amide bonds. The number of nitrogens with one attached hydrogen (secondary N) is 1. The average molecular weight is 347 g/mol. The van der Waals surface area contributed by atoms with E-state index in [1.807, 2.05) is 6.07 Å². The van der Waals surface area contributed by atoms with Gasteiger partial charge in [-0.1, -0.05) is 29.3 Å². The van der Waals surface area contributed by atoms with Crippen LogP contribution in [-0.4, -0.2) is 20.7 Å². The minimum absolute atomic E-state index is 0.226. The fraction of sp³-hybridized carbons (Fsp3) is 0.0625. The second kappa shape index (κ2) is 6.81. The van der Waals surface area contributed by atoms with Gasteiger partial charge >= 0.3 is 0 Å². The summed E-state index contributed by atoms with van der Waals surface area (Å²) in [6, 6.07) is 10.3. The van der Waals surface area contributed by atoms with Gasteiger partial charge in [0.15, 0.2) is 0 Å². The van der Waals surface area contributed by atoms with Crippen LogP contribution >= 0.6 is 23.2 Å². The number of rotatable bonds is 4. The van der Waals surface area contributed by atoms with Crippen molar-refractivity contribution < 1.29 is 4.79 Å². The predicted octanol–water partition coefficient (Wildman–Crippen LogP) is 3.89. The van der Waals surface area contributed by atoms with Crippen LogP contribution < -0.4 is 5.32 Å². The molecule has 0 spiro atoms. The van der Waals surface area contributed by atoms with Crippen molar-refractivity contribution in [2.75, 3.05) is 5.32 Å². The molecule has 0 radical (unpaired) electrons. The Bertz CT molecular complexity index is 833. The molecule has 0 saturated heterocycles. The standard InChI is InChI=1S/C16H12Cl2N4O/c17-13-2-1-12(14(18)9-13)10-22-15(5-8-20-22)21-16(23)11-3-6-19-7-4-11/h1-9H,10H2,(H,21,23). The van der Waals surface area contributed by atoms with Gasteiger partial charge in [0.05, 0.1) is 12.7 Å². The number of benzene rings is 1. The van der Waals surface area contributed by atoms with Gasteiger partial charge in [0.2, 0.25) is 0 Å². The lowest BCUT2D eigenvalue weighted by atomic mass is 10.2. The molecule has 3 rings (SSSR count). The highest BCUT2D eigenvalue weighted by molar-refractivity contribution is 6.35. The quantitative estimate of drug-likeness (QED) is 0.779. The number of nitrogens with zero attached hydrogens (tertiary/aromatic N) is 3. The molecular weight excluding hydrogens is 335 g/mol. The molecule has 7 heteroatoms. The van der Waals surface area contributed by atoms with E-state index in [-0.39, 0.29) is 5.91 Å². The van der Waals surface area contributed by atoms with Crippen LogP contribution in [0.3, 0.4) is 0 Å². The molecule has 0 aliphatic rings. The van der Waals surface area contributed by atoms with E-state index in [1.54, 1.807) is 53.6 Å². The summed E-state index contributed by atoms with van der Waals surface area (Å²) in [5, 5.41) is 8.17. The van der Waals surface area contributed by atoms with Crippen LogP contribution in [0.1, 0.15) is 15.9 Å². The van der Waals surface area contributed by atoms with Crippen molar-refractivity contribution in [1.29, 1.82) is 0 Å². The maximum absolute atomic E-state index is 12.2. The van der Waals surface area contributed by atoms with Gasteiger partial charge in [-0.15, -0.1) is 0 Å². The number of hydrogen-bond donors (Lipinski definition) is 1. The molecule has 0 saturated carbocycles. The highest BCUT2D eigenvalue weighted by atomic mass is 35.5. The van der Waals surface area contributed by atoms with Crippen LogP contribution in [0, 0.1) is 0 Å². The summed E-state index contributed by atoms with van der Waals surface area (Å²) in [5.41, 5.74) is 1.39. The van der Waals surface area contributed by atoms with E-state index in [1.165, 1.54) is 0 Å². The molecule has 23 heavy (non-hydrogen) atoms. The SMILES string of the molecule is O=C(Nc1ccnn1Cc1ccc(Cl)cc1Cl)c1ccncc1. The minimum atomic E-state index is -0.226. The molecule has 0 bridgehead atoms. The molecule has 0 unspecified atom stereocenters. The number of carbonyl (C=O) groups excluding carboxylic acids is 1. The number of aromatic nitrogens is 3. The molecular formula is C16H12Cl2N4O. The summed E-state index contributed by atoms with van der Waals surface area (Å²) in [6.07, 6.45) is 4.76. The van der Waals surface area contributed by atoms with Gasteiger partial charge < -0.3 is 5.32 Å². The van der Waals surface area contributed by atoms with Crippen LogP contribution in [0.2, 0.25) is 10.0 Å². The van der Waals surface area contributed by atoms with Crippen molar-refractivity contribution in [3.8, 4) is 0 Å². The van der Waals surface area contributed by atoms with Crippen molar-refractivity contribution in [3.63, 3.8) is 0 Å². The van der Waals surface area contributed by atoms with Gasteiger partial charge in [-0.3, -0.25) is 9.78 Å². The highest BCUT2D eigenvalue weighted by Gasteiger charge is 2.11. The second-order valence-corrected chi connectivity index (χ2v) is 5.64. The third-order valence-corrected chi connectivity index (χ3v) is 3.82. The molecule has 0 fully saturated rings. The zero-order valence-corrected chi connectivity index (χ0v) is 13.4. The summed E-state index contributed by atoms with van der Waals surface area (Å²) < 4.78 is 1.66. The van der Waals surface area contributed by atoms with E-state index in [9.17, 15) is 4.79 Å². The molecule has 5 nitrogen and oxygen atoms in total. The van der Waals surface area contributed by atoms with Crippen LogP contribution in [-0.2, 0) is 6.54 Å². The second-order valence-electron chi connectivity index (χ2n) is 4.80. The molecule has 0 aliphatic carbocycles. The van der Waals surface area contributed by atoms with Crippen LogP contribution in [0.25, 0.3) is 0 Å². The number of halogens is 2. The Labute approximate surface area is 142 Å². The first-order chi connectivity index (χ1) is 11.1. The summed E-state index contributed by atoms with van der Waals surface area (Å²) in [4.78, 5) is 16.1. The Balaban J connectivity index is 1.78. The minimum Gasteiger partial charge on any atom is -0.307 e. The monoisotopic (exact) mass is 346 g/mol. The molecule has 3 aromatic rings. The first-order valence-electron chi connectivity index (χ1n) is 6.80. The molecule has 2 heterocycles. The Hall–Kier alpha value is -2.37. The smallest absolute Gasteiger partial charge is 0.256 e. The van der Waals surface area contributed by atoms with Crippen molar-refractivity contribution in [1.82, 2.24) is 14.8 Å². The first-order valence-corrected chi connectivity index (χ1v) is 7.56. The zero-order valence-electron chi connectivity index (χ0n) is 11.9. The summed E-state index contributed by atoms with van der Waals surface area (Å²) >= 11 is 12.1. The lowest BCUT2D eigenvalue weighted by Crippen LogP contribution is -2.16. The van der Waals surface area contributed by atoms with E-state index >= 15 is 0 Å². The fourth-order valence-electron chi connectivity index (χ4n) is 2.07. The Morgan fingerprint density at radius 3 is 2.61 bits per heavy atom. The topological polar surface area (TPSA) is 59.8 Å². The number of carbonyl (C=O) groups is 1. The number of anilines is 1. The fourth-order valence-corrected chi connectivity index (χ4v) is 2.54. The zero-order chi connectivity index (χ0) is 16.2. The Morgan fingerprint density at radius 1 is 1.09 bits per heavy atom. The summed E-state index contributed by atoms with van der Waals surface area (Å²) in [7, 11) is 0. The first kappa shape index (κ1) is 15.5. The Morgan fingerprint density at radius 2 is 1.87 bits per heavy atom. The maximum Gasteiger partial charge on any atom is 0.256 e. The lowest BCUT2D eigenvalue weighted by Gasteiger charge is -2.10. The average Bonchev–Trinajstić information content (AvgIpc) is 2.98. The number of hydrogen-bond acceptors (Lipinski definition) is 3. The van der Waals surface area contributed by atoms with Crippen molar-refractivity contribution in [2.45, 2.75) is 6.54 Å². The molecule has 1 aromatic carbocycles. The third kappa shape index (κ3) is 3.70. The van der Waals surface area contributed by atoms with Gasteiger partial charge in [-0.25, -0.2) is 4.68 Å². The van der Waals surface area contributed by atoms with Gasteiger partial charge in [0.25, 0.3) is 5.91 Å². The highest BCUT2D eigenvalue weighted by Crippen LogP contribution is 2.22. The van der Waals surface area contributed by atoms with Crippen LogP contribution in [0.15, 0.2) is 55.0 Å². The summed E-state index contributed by atoms with van der Waals surface area (Å²) in [6.45, 7) is 0.426. The van der Waals surface area contributed by atoms with E-state index in [0.29, 0.717) is 28.0 Å². The van der Waals surface area contributed by atoms with Crippen molar-refractivity contribution in [3.05, 3.63) is 76.2 Å². The molecule has 116 valence electrons. The van der Waals surface area contributed by atoms with Crippen molar-refractivity contribution >= 4 is 34.9 Å². The lowest BCUT2D eigenvalue weighted by molar-refractivity contribution is 0.102. The van der Waals surface area contributed by atoms with Crippen LogP contribution in [0.4, 0.5) is 5.82 Å². The van der Waals surface area contributed by atoms with Gasteiger partial charge in [0, 0.05) is 34.1 Å². The maximum atomic E-state index is 12.2. The number of amides is 1. The van der Waals surface area contributed by atoms with Gasteiger partial charge in [0.1, 0.15) is 5.82 Å². The molecule has 1 N–H and O–H groups in total. The largest absolute Gasteiger partial charge is 0.307 e. The molecule has 2 aromatic heterocycles. The normalized spacial score (nSPS) is 10.5. The summed E-state index contributed by atoms with van der Waals surface area (Å²) in [5.74, 6) is 0.356. The predicted molar refractivity (Wildman–Crippen MR) is 90.0 cm³/mol. The van der Waals surface area contributed by atoms with Gasteiger partial charge in [-0.05, 0) is 29.8 Å². The van der Waals surface area contributed by atoms with Crippen molar-refractivity contribution in [2.24, 2.45) is 0 Å². The number of pyridine rings is 1. The third-order valence-electron chi connectivity index (χ3n) is 3.24. The Kier molecular flexibility index (Phi) is 4.60. The van der Waals surface area contributed by atoms with E-state index in [4.69, 9.17) is 23.2 Å². The van der Waals surface area contributed by atoms with E-state index in [2.05, 4.69) is 15.4 Å². The van der Waals surface area contributed by atoms with E-state index < -0.39 is 0 Å². The molecule has 0 aliphatic heterocycles. The molecule has 0 atom stereocenters. The van der Waals surface area contributed by atoms with E-state index in [0.717, 1.165) is 5.56 Å². The van der Waals surface area contributed by atoms with Crippen LogP contribution in [0.5, 0.6) is 0 Å².